The van der Waals surface area contributed by atoms with E-state index in [0.29, 0.717) is 5.92 Å². The van der Waals surface area contributed by atoms with Gasteiger partial charge in [-0.25, -0.2) is 4.98 Å². The first-order valence-electron chi connectivity index (χ1n) is 7.61. The molecule has 0 amide bonds. The largest absolute Gasteiger partial charge is 0.496 e. The molecule has 0 atom stereocenters. The molecule has 0 radical (unpaired) electrons. The molecule has 1 aliphatic carbocycles. The molecule has 4 nitrogen and oxygen atoms in total. The fourth-order valence-corrected chi connectivity index (χ4v) is 3.09. The number of rotatable bonds is 4. The second-order valence-electron chi connectivity index (χ2n) is 5.77. The first-order valence-corrected chi connectivity index (χ1v) is 7.61. The number of aromatic nitrogens is 1. The van der Waals surface area contributed by atoms with Crippen molar-refractivity contribution < 1.29 is 9.84 Å². The van der Waals surface area contributed by atoms with E-state index in [9.17, 15) is 5.11 Å². The summed E-state index contributed by atoms with van der Waals surface area (Å²) < 4.78 is 5.41. The number of fused-ring (bicyclic) bond motifs is 1. The van der Waals surface area contributed by atoms with Crippen molar-refractivity contribution in [3.63, 3.8) is 0 Å². The van der Waals surface area contributed by atoms with Crippen LogP contribution >= 0.6 is 0 Å². The van der Waals surface area contributed by atoms with Crippen LogP contribution in [-0.2, 0) is 0 Å². The highest BCUT2D eigenvalue weighted by atomic mass is 16.5. The summed E-state index contributed by atoms with van der Waals surface area (Å²) >= 11 is 0. The summed E-state index contributed by atoms with van der Waals surface area (Å²) in [5, 5.41) is 15.2. The van der Waals surface area contributed by atoms with Crippen LogP contribution in [0.5, 0.6) is 5.75 Å². The normalized spacial score (nSPS) is 22.2. The maximum atomic E-state index is 9.56. The predicted molar refractivity (Wildman–Crippen MR) is 84.7 cm³/mol. The number of hydrogen-bond donors (Lipinski definition) is 2. The number of anilines is 1. The number of aliphatic hydroxyl groups excluding tert-OH is 1. The standard InChI is InChI=1S/C17H22N2O2/c1-21-16-4-2-3-15-14(16)9-10-18-17(15)19-11-12-5-7-13(20)8-6-12/h2-4,9-10,12-13,20H,5-8,11H2,1H3,(H,18,19). The van der Waals surface area contributed by atoms with E-state index >= 15 is 0 Å². The molecule has 0 spiro atoms. The predicted octanol–water partition coefficient (Wildman–Crippen LogP) is 3.21. The van der Waals surface area contributed by atoms with Crippen LogP contribution in [0, 0.1) is 5.92 Å². The number of hydrogen-bond acceptors (Lipinski definition) is 4. The van der Waals surface area contributed by atoms with Gasteiger partial charge in [0.25, 0.3) is 0 Å². The highest BCUT2D eigenvalue weighted by molar-refractivity contribution is 5.95. The molecule has 1 fully saturated rings. The van der Waals surface area contributed by atoms with Gasteiger partial charge in [0.1, 0.15) is 11.6 Å². The Morgan fingerprint density at radius 3 is 2.76 bits per heavy atom. The number of pyridine rings is 1. The summed E-state index contributed by atoms with van der Waals surface area (Å²) in [4.78, 5) is 4.47. The van der Waals surface area contributed by atoms with Crippen molar-refractivity contribution in [3.05, 3.63) is 30.5 Å². The topological polar surface area (TPSA) is 54.4 Å². The molecule has 0 bridgehead atoms. The van der Waals surface area contributed by atoms with Gasteiger partial charge >= 0.3 is 0 Å². The molecule has 2 N–H and O–H groups in total. The van der Waals surface area contributed by atoms with Crippen molar-refractivity contribution >= 4 is 16.6 Å². The van der Waals surface area contributed by atoms with Gasteiger partial charge in [0.05, 0.1) is 13.2 Å². The number of ether oxygens (including phenoxy) is 1. The second kappa shape index (κ2) is 6.31. The van der Waals surface area contributed by atoms with Gasteiger partial charge in [-0.15, -0.1) is 0 Å². The van der Waals surface area contributed by atoms with Gasteiger partial charge in [-0.2, -0.15) is 0 Å². The lowest BCUT2D eigenvalue weighted by atomic mass is 9.87. The molecule has 0 aliphatic heterocycles. The average molecular weight is 286 g/mol. The van der Waals surface area contributed by atoms with Crippen molar-refractivity contribution in [2.45, 2.75) is 31.8 Å². The molecular weight excluding hydrogens is 264 g/mol. The Balaban J connectivity index is 1.75. The molecule has 21 heavy (non-hydrogen) atoms. The Morgan fingerprint density at radius 2 is 2.00 bits per heavy atom. The van der Waals surface area contributed by atoms with E-state index in [1.165, 1.54) is 0 Å². The van der Waals surface area contributed by atoms with E-state index in [2.05, 4.69) is 16.4 Å². The third-order valence-corrected chi connectivity index (χ3v) is 4.36. The van der Waals surface area contributed by atoms with E-state index < -0.39 is 0 Å². The molecule has 1 heterocycles. The molecule has 1 saturated carbocycles. The van der Waals surface area contributed by atoms with Crippen LogP contribution in [0.3, 0.4) is 0 Å². The average Bonchev–Trinajstić information content (AvgIpc) is 2.53. The van der Waals surface area contributed by atoms with Crippen LogP contribution in [-0.4, -0.2) is 29.8 Å². The van der Waals surface area contributed by atoms with E-state index in [-0.39, 0.29) is 6.10 Å². The third kappa shape index (κ3) is 3.10. The van der Waals surface area contributed by atoms with Gasteiger partial charge in [0.15, 0.2) is 0 Å². The Kier molecular flexibility index (Phi) is 4.25. The fourth-order valence-electron chi connectivity index (χ4n) is 3.09. The summed E-state index contributed by atoms with van der Waals surface area (Å²) in [5.74, 6) is 2.41. The number of aliphatic hydroxyl groups is 1. The zero-order chi connectivity index (χ0) is 14.7. The van der Waals surface area contributed by atoms with E-state index in [0.717, 1.165) is 54.6 Å². The highest BCUT2D eigenvalue weighted by Crippen LogP contribution is 2.30. The van der Waals surface area contributed by atoms with Gasteiger partial charge < -0.3 is 15.2 Å². The van der Waals surface area contributed by atoms with Crippen molar-refractivity contribution in [3.8, 4) is 5.75 Å². The maximum absolute atomic E-state index is 9.56. The minimum absolute atomic E-state index is 0.0961. The van der Waals surface area contributed by atoms with Crippen LogP contribution in [0.15, 0.2) is 30.5 Å². The summed E-state index contributed by atoms with van der Waals surface area (Å²) in [7, 11) is 1.69. The molecular formula is C17H22N2O2. The van der Waals surface area contributed by atoms with Crippen molar-refractivity contribution in [1.29, 1.82) is 0 Å². The van der Waals surface area contributed by atoms with Crippen LogP contribution in [0.4, 0.5) is 5.82 Å². The zero-order valence-electron chi connectivity index (χ0n) is 12.4. The van der Waals surface area contributed by atoms with Crippen molar-refractivity contribution in [2.75, 3.05) is 19.0 Å². The summed E-state index contributed by atoms with van der Waals surface area (Å²) in [6.45, 7) is 0.913. The van der Waals surface area contributed by atoms with Gasteiger partial charge in [-0.3, -0.25) is 0 Å². The number of nitrogens with zero attached hydrogens (tertiary/aromatic N) is 1. The van der Waals surface area contributed by atoms with Crippen molar-refractivity contribution in [2.24, 2.45) is 5.92 Å². The Bertz CT molecular complexity index is 607. The van der Waals surface area contributed by atoms with Crippen LogP contribution < -0.4 is 10.1 Å². The Hall–Kier alpha value is -1.81. The monoisotopic (exact) mass is 286 g/mol. The molecule has 0 unspecified atom stereocenters. The second-order valence-corrected chi connectivity index (χ2v) is 5.77. The number of benzene rings is 1. The van der Waals surface area contributed by atoms with Crippen molar-refractivity contribution in [1.82, 2.24) is 4.98 Å². The molecule has 4 heteroatoms. The van der Waals surface area contributed by atoms with E-state index in [1.54, 1.807) is 7.11 Å². The first-order chi connectivity index (χ1) is 10.3. The lowest BCUT2D eigenvalue weighted by Gasteiger charge is -2.25. The van der Waals surface area contributed by atoms with Gasteiger partial charge in [0, 0.05) is 23.5 Å². The molecule has 2 aromatic rings. The minimum atomic E-state index is -0.0961. The SMILES string of the molecule is COc1cccc2c(NCC3CCC(O)CC3)nccc12. The molecule has 1 aromatic heterocycles. The smallest absolute Gasteiger partial charge is 0.133 e. The number of methoxy groups -OCH3 is 1. The molecule has 112 valence electrons. The van der Waals surface area contributed by atoms with E-state index in [4.69, 9.17) is 4.74 Å². The summed E-state index contributed by atoms with van der Waals surface area (Å²) in [6, 6.07) is 8.01. The van der Waals surface area contributed by atoms with Crippen LogP contribution in [0.2, 0.25) is 0 Å². The summed E-state index contributed by atoms with van der Waals surface area (Å²) in [5.41, 5.74) is 0. The van der Waals surface area contributed by atoms with Gasteiger partial charge in [-0.05, 0) is 43.7 Å². The molecule has 1 aromatic carbocycles. The highest BCUT2D eigenvalue weighted by Gasteiger charge is 2.19. The summed E-state index contributed by atoms with van der Waals surface area (Å²) in [6.07, 6.45) is 5.73. The fraction of sp³-hybridized carbons (Fsp3) is 0.471. The Labute approximate surface area is 125 Å². The van der Waals surface area contributed by atoms with Crippen LogP contribution in [0.25, 0.3) is 10.8 Å². The Morgan fingerprint density at radius 1 is 1.19 bits per heavy atom. The van der Waals surface area contributed by atoms with Gasteiger partial charge in [0.2, 0.25) is 0 Å². The number of nitrogens with one attached hydrogen (secondary N) is 1. The maximum Gasteiger partial charge on any atom is 0.133 e. The van der Waals surface area contributed by atoms with E-state index in [1.807, 2.05) is 24.4 Å². The minimum Gasteiger partial charge on any atom is -0.496 e. The third-order valence-electron chi connectivity index (χ3n) is 4.36. The quantitative estimate of drug-likeness (QED) is 0.906. The first kappa shape index (κ1) is 14.1. The molecule has 1 aliphatic rings. The lowest BCUT2D eigenvalue weighted by molar-refractivity contribution is 0.111. The van der Waals surface area contributed by atoms with Crippen LogP contribution in [0.1, 0.15) is 25.7 Å². The van der Waals surface area contributed by atoms with Gasteiger partial charge in [-0.1, -0.05) is 12.1 Å². The lowest BCUT2D eigenvalue weighted by Crippen LogP contribution is -2.23. The molecule has 0 saturated heterocycles. The zero-order valence-corrected chi connectivity index (χ0v) is 12.4. The molecule has 3 rings (SSSR count).